The molecule has 0 fully saturated rings. The molecule has 109 heavy (non-hydrogen) atoms. The lowest BCUT2D eigenvalue weighted by atomic mass is 9.86. The average Bonchev–Trinajstić information content (AvgIpc) is 1.60. The van der Waals surface area contributed by atoms with E-state index in [0.717, 1.165) is 52.3 Å². The SMILES string of the molecule is CCCCCC(CC#N)OC(=O)N(COc1ccc2nc3c(c(CC)c2c1)Cn1c-3cc2c(c1=O)COC(=O)C2(O)CC)c1ccc(C(=O)N(CC)CC)cc1.CCc1c2c(nc3ccc(OCN(C(=O)OC(CC)CC#N)c4ccc(C(=O)N(CC)CC)cc4)cc13)-c1cc3c(c(=O)n1C2)COC(=O)C3(O)CC. The van der Waals surface area contributed by atoms with E-state index in [1.165, 1.54) is 9.80 Å². The second-order valence-corrected chi connectivity index (χ2v) is 27.2. The van der Waals surface area contributed by atoms with Crippen LogP contribution in [-0.2, 0) is 78.9 Å². The smallest absolute Gasteiger partial charge is 0.417 e. The third kappa shape index (κ3) is 15.3. The molecule has 26 nitrogen and oxygen atoms in total. The molecule has 4 unspecified atom stereocenters. The van der Waals surface area contributed by atoms with Crippen LogP contribution in [0.5, 0.6) is 11.5 Å². The van der Waals surface area contributed by atoms with Crippen molar-refractivity contribution in [1.29, 1.82) is 10.5 Å². The third-order valence-corrected chi connectivity index (χ3v) is 21.1. The van der Waals surface area contributed by atoms with Crippen molar-refractivity contribution in [1.82, 2.24) is 28.9 Å². The summed E-state index contributed by atoms with van der Waals surface area (Å²) in [5.41, 5.74) is 5.67. The lowest BCUT2D eigenvalue weighted by Crippen LogP contribution is -2.44. The molecule has 4 aromatic carbocycles. The second-order valence-electron chi connectivity index (χ2n) is 27.2. The van der Waals surface area contributed by atoms with Gasteiger partial charge in [0.25, 0.3) is 22.9 Å². The number of anilines is 2. The minimum absolute atomic E-state index is 0.0417. The predicted octanol–water partition coefficient (Wildman–Crippen LogP) is 12.8. The molecule has 0 saturated carbocycles. The number of aliphatic hydroxyl groups is 2. The number of hydrogen-bond donors (Lipinski definition) is 2. The number of amides is 4. The molecule has 8 heterocycles. The number of fused-ring (bicyclic) bond motifs is 10. The van der Waals surface area contributed by atoms with Gasteiger partial charge in [-0.1, -0.05) is 54.4 Å². The summed E-state index contributed by atoms with van der Waals surface area (Å²) < 4.78 is 37.7. The van der Waals surface area contributed by atoms with Gasteiger partial charge in [0, 0.05) is 70.3 Å². The van der Waals surface area contributed by atoms with Crippen molar-refractivity contribution in [3.05, 3.63) is 173 Å². The highest BCUT2D eigenvalue weighted by Crippen LogP contribution is 2.44. The second kappa shape index (κ2) is 33.8. The lowest BCUT2D eigenvalue weighted by molar-refractivity contribution is -0.172. The minimum Gasteiger partial charge on any atom is -0.473 e. The van der Waals surface area contributed by atoms with E-state index in [1.807, 2.05) is 66.7 Å². The van der Waals surface area contributed by atoms with Crippen LogP contribution in [0.2, 0.25) is 0 Å². The normalized spacial score (nSPS) is 16.0. The van der Waals surface area contributed by atoms with Crippen LogP contribution in [0.25, 0.3) is 44.6 Å². The number of carbonyl (C=O) groups is 6. The molecule has 4 amide bonds. The fourth-order valence-electron chi connectivity index (χ4n) is 14.7. The summed E-state index contributed by atoms with van der Waals surface area (Å²) in [7, 11) is 0. The van der Waals surface area contributed by atoms with Gasteiger partial charge in [-0.2, -0.15) is 10.5 Å². The van der Waals surface area contributed by atoms with E-state index in [2.05, 4.69) is 19.1 Å². The van der Waals surface area contributed by atoms with Crippen LogP contribution >= 0.6 is 0 Å². The zero-order valence-electron chi connectivity index (χ0n) is 63.3. The number of unbranched alkanes of at least 4 members (excludes halogenated alkanes) is 2. The Labute approximate surface area is 631 Å². The van der Waals surface area contributed by atoms with Gasteiger partial charge in [0.1, 0.15) is 36.9 Å². The monoisotopic (exact) mass is 1480 g/mol. The molecule has 570 valence electrons. The molecule has 8 aromatic rings. The topological polar surface area (TPSA) is 329 Å². The van der Waals surface area contributed by atoms with Gasteiger partial charge in [-0.3, -0.25) is 19.2 Å². The van der Waals surface area contributed by atoms with E-state index in [4.69, 9.17) is 38.4 Å². The molecule has 4 aliphatic rings. The molecule has 0 spiro atoms. The van der Waals surface area contributed by atoms with Crippen LogP contribution in [0.3, 0.4) is 0 Å². The zero-order valence-corrected chi connectivity index (χ0v) is 63.3. The van der Waals surface area contributed by atoms with Gasteiger partial charge < -0.3 is 57.6 Å². The van der Waals surface area contributed by atoms with E-state index in [9.17, 15) is 59.1 Å². The molecular weight excluding hydrogens is 1390 g/mol. The van der Waals surface area contributed by atoms with Crippen LogP contribution in [0.1, 0.15) is 192 Å². The molecule has 0 bridgehead atoms. The summed E-state index contributed by atoms with van der Waals surface area (Å²) in [6, 6.07) is 31.8. The Morgan fingerprint density at radius 2 is 0.945 bits per heavy atom. The van der Waals surface area contributed by atoms with Gasteiger partial charge in [-0.25, -0.2) is 38.9 Å². The third-order valence-electron chi connectivity index (χ3n) is 21.1. The highest BCUT2D eigenvalue weighted by atomic mass is 16.6. The van der Waals surface area contributed by atoms with Crippen LogP contribution < -0.4 is 30.4 Å². The molecule has 12 rings (SSSR count). The Morgan fingerprint density at radius 3 is 1.31 bits per heavy atom. The van der Waals surface area contributed by atoms with Crippen molar-refractivity contribution >= 4 is 69.1 Å². The van der Waals surface area contributed by atoms with Crippen molar-refractivity contribution in [3.8, 4) is 46.4 Å². The van der Waals surface area contributed by atoms with Gasteiger partial charge in [0.2, 0.25) is 0 Å². The van der Waals surface area contributed by atoms with Crippen molar-refractivity contribution in [3.63, 3.8) is 0 Å². The summed E-state index contributed by atoms with van der Waals surface area (Å²) >= 11 is 0. The molecule has 0 radical (unpaired) electrons. The van der Waals surface area contributed by atoms with E-state index in [0.29, 0.717) is 120 Å². The summed E-state index contributed by atoms with van der Waals surface area (Å²) in [6.07, 6.45) is 2.66. The lowest BCUT2D eigenvalue weighted by Gasteiger charge is -2.31. The van der Waals surface area contributed by atoms with E-state index >= 15 is 0 Å². The average molecular weight is 1490 g/mol. The van der Waals surface area contributed by atoms with E-state index < -0.39 is 47.5 Å². The minimum atomic E-state index is -1.92. The van der Waals surface area contributed by atoms with Crippen molar-refractivity contribution < 1.29 is 67.4 Å². The number of esters is 2. The highest BCUT2D eigenvalue weighted by Gasteiger charge is 2.47. The number of benzene rings is 4. The van der Waals surface area contributed by atoms with Gasteiger partial charge in [0.15, 0.2) is 24.7 Å². The Bertz CT molecular complexity index is 5050. The number of pyridine rings is 4. The van der Waals surface area contributed by atoms with Gasteiger partial charge >= 0.3 is 24.1 Å². The summed E-state index contributed by atoms with van der Waals surface area (Å²) in [6.45, 7) is 20.9. The first-order valence-corrected chi connectivity index (χ1v) is 37.6. The molecule has 4 aliphatic heterocycles. The van der Waals surface area contributed by atoms with Crippen LogP contribution in [0.4, 0.5) is 21.0 Å². The van der Waals surface area contributed by atoms with E-state index in [-0.39, 0.29) is 111 Å². The zero-order chi connectivity index (χ0) is 78.2. The Hall–Kier alpha value is -11.5. The quantitative estimate of drug-likeness (QED) is 0.0209. The molecule has 4 aromatic heterocycles. The first-order chi connectivity index (χ1) is 52.5. The van der Waals surface area contributed by atoms with Gasteiger partial charge in [-0.05, 0) is 181 Å². The van der Waals surface area contributed by atoms with Crippen LogP contribution in [0, 0.1) is 22.7 Å². The molecule has 0 saturated heterocycles. The van der Waals surface area contributed by atoms with Crippen LogP contribution in [0.15, 0.2) is 107 Å². The van der Waals surface area contributed by atoms with Crippen molar-refractivity contribution in [2.75, 3.05) is 49.4 Å². The molecule has 4 atom stereocenters. The largest absolute Gasteiger partial charge is 0.473 e. The number of hydrogen-bond acceptors (Lipinski definition) is 20. The van der Waals surface area contributed by atoms with E-state index in [1.54, 1.807) is 112 Å². The Morgan fingerprint density at radius 1 is 0.541 bits per heavy atom. The Kier molecular flexibility index (Phi) is 24.3. The number of cyclic esters (lactones) is 2. The number of rotatable bonds is 27. The highest BCUT2D eigenvalue weighted by molar-refractivity contribution is 5.97. The van der Waals surface area contributed by atoms with Gasteiger partial charge in [-0.15, -0.1) is 0 Å². The molecule has 2 N–H and O–H groups in total. The molecule has 26 heteroatoms. The number of nitriles is 2. The van der Waals surface area contributed by atoms with Gasteiger partial charge in [0.05, 0.1) is 94.4 Å². The fraction of sp³-hybridized carbons (Fsp3) is 0.422. The maximum absolute atomic E-state index is 13.8. The van der Waals surface area contributed by atoms with Crippen molar-refractivity contribution in [2.45, 2.75) is 190 Å². The fourth-order valence-corrected chi connectivity index (χ4v) is 14.7. The predicted molar refractivity (Wildman–Crippen MR) is 407 cm³/mol. The number of nitrogens with zero attached hydrogens (tertiary/aromatic N) is 10. The maximum atomic E-state index is 13.8. The summed E-state index contributed by atoms with van der Waals surface area (Å²) in [5.74, 6) is -0.857. The number of aromatic nitrogens is 4. The molecular formula is C83H92N10O16. The molecule has 0 aliphatic carbocycles. The standard InChI is InChI=1S/C43H49N5O8.C40H43N5O8/c1-6-11-12-13-29(20-21-44)56-42(52)48(28-16-14-27(15-17-28)39(49)46(9-4)10-5)26-55-30-18-19-36-32(22-30)31(7-2)33-24-47-37(38(33)45-36)23-35-34(40(47)50)25-54-41(51)43(35,53)8-3;1-6-26(17-18-41)53-39(49)45(25-13-11-24(12-14-25)36(46)43(9-4)10-5)23-52-27-15-16-33-29(19-27)28(7-2)30-21-44-34(35(30)42-33)20-32-31(37(44)47)22-51-38(48)40(32,50)8-3/h14-19,22-23,29,53H,6-13,20,24-26H2,1-5H3;11-16,19-20,26,50H,6-10,17,21-23H2,1-5H3. The maximum Gasteiger partial charge on any atom is 0.417 e. The Balaban J connectivity index is 0.000000217. The number of aryl methyl sites for hydroxylation is 2. The number of ether oxygens (including phenoxy) is 6. The number of carbonyl (C=O) groups excluding carboxylic acids is 6. The first kappa shape index (κ1) is 78.6. The first-order valence-electron chi connectivity index (χ1n) is 37.6. The van der Waals surface area contributed by atoms with Crippen molar-refractivity contribution in [2.24, 2.45) is 0 Å². The summed E-state index contributed by atoms with van der Waals surface area (Å²) in [5, 5.41) is 42.8. The van der Waals surface area contributed by atoms with Crippen LogP contribution in [-0.4, -0.2) is 127 Å². The summed E-state index contributed by atoms with van der Waals surface area (Å²) in [4.78, 5) is 122.